The van der Waals surface area contributed by atoms with Crippen LogP contribution < -0.4 is 9.30 Å². The van der Waals surface area contributed by atoms with Crippen molar-refractivity contribution in [1.29, 1.82) is 0 Å². The lowest BCUT2D eigenvalue weighted by Gasteiger charge is -2.21. The second-order valence-electron chi connectivity index (χ2n) is 6.88. The number of methoxy groups -OCH3 is 1. The number of amides is 1. The van der Waals surface area contributed by atoms with Crippen molar-refractivity contribution in [2.45, 2.75) is 19.0 Å². The Labute approximate surface area is 169 Å². The third-order valence-electron chi connectivity index (χ3n) is 4.93. The van der Waals surface area contributed by atoms with Crippen molar-refractivity contribution < 1.29 is 19.2 Å². The normalized spacial score (nSPS) is 15.8. The van der Waals surface area contributed by atoms with E-state index >= 15 is 0 Å². The summed E-state index contributed by atoms with van der Waals surface area (Å²) in [5.74, 6) is 0.735. The van der Waals surface area contributed by atoms with Crippen LogP contribution in [-0.4, -0.2) is 28.8 Å². The lowest BCUT2D eigenvalue weighted by molar-refractivity contribution is -0.685. The summed E-state index contributed by atoms with van der Waals surface area (Å²) in [7, 11) is 1.63. The van der Waals surface area contributed by atoms with Gasteiger partial charge in [0.15, 0.2) is 11.9 Å². The van der Waals surface area contributed by atoms with Crippen LogP contribution in [0.2, 0.25) is 0 Å². The molecule has 6 heteroatoms. The average Bonchev–Trinajstić information content (AvgIpc) is 3.20. The van der Waals surface area contributed by atoms with Crippen molar-refractivity contribution >= 4 is 11.6 Å². The highest BCUT2D eigenvalue weighted by Crippen LogP contribution is 2.33. The predicted molar refractivity (Wildman–Crippen MR) is 108 cm³/mol. The number of aromatic nitrogens is 1. The Bertz CT molecular complexity index is 1030. The summed E-state index contributed by atoms with van der Waals surface area (Å²) in [5.41, 5.74) is 2.88. The van der Waals surface area contributed by atoms with Gasteiger partial charge in [0.25, 0.3) is 0 Å². The number of nitrogens with zero attached hydrogens (tertiary/aromatic N) is 3. The molecule has 4 rings (SSSR count). The molecule has 0 aliphatic carbocycles. The Balaban J connectivity index is 1.64. The number of hydrazone groups is 1. The highest BCUT2D eigenvalue weighted by molar-refractivity contribution is 6.03. The van der Waals surface area contributed by atoms with E-state index < -0.39 is 0 Å². The van der Waals surface area contributed by atoms with E-state index in [1.807, 2.05) is 54.6 Å². The van der Waals surface area contributed by atoms with Crippen LogP contribution in [0.1, 0.15) is 23.6 Å². The Morgan fingerprint density at radius 3 is 2.59 bits per heavy atom. The molecular weight excluding hydrogens is 366 g/mol. The van der Waals surface area contributed by atoms with Crippen LogP contribution >= 0.6 is 0 Å². The average molecular weight is 388 g/mol. The SMILES string of the molecule is COc1ccc([C@H]2CC(c3ccccc3)=NN2C(=O)C[n+]2cccc(O)c2)cc1. The van der Waals surface area contributed by atoms with Crippen molar-refractivity contribution in [1.82, 2.24) is 5.01 Å². The first kappa shape index (κ1) is 18.7. The molecule has 1 aliphatic rings. The monoisotopic (exact) mass is 388 g/mol. The molecule has 29 heavy (non-hydrogen) atoms. The summed E-state index contributed by atoms with van der Waals surface area (Å²) < 4.78 is 6.90. The molecule has 1 atom stereocenters. The fraction of sp³-hybridized carbons (Fsp3) is 0.174. The van der Waals surface area contributed by atoms with E-state index in [-0.39, 0.29) is 24.2 Å². The predicted octanol–water partition coefficient (Wildman–Crippen LogP) is 3.07. The van der Waals surface area contributed by atoms with Gasteiger partial charge in [0, 0.05) is 12.5 Å². The van der Waals surface area contributed by atoms with Crippen molar-refractivity contribution in [3.8, 4) is 11.5 Å². The molecule has 0 unspecified atom stereocenters. The van der Waals surface area contributed by atoms with Crippen LogP contribution in [0.25, 0.3) is 0 Å². The molecule has 1 amide bonds. The highest BCUT2D eigenvalue weighted by atomic mass is 16.5. The summed E-state index contributed by atoms with van der Waals surface area (Å²) in [6.07, 6.45) is 3.91. The zero-order valence-corrected chi connectivity index (χ0v) is 16.1. The minimum Gasteiger partial charge on any atom is -0.503 e. The van der Waals surface area contributed by atoms with E-state index in [1.54, 1.807) is 35.0 Å². The molecule has 3 aromatic rings. The molecule has 0 radical (unpaired) electrons. The lowest BCUT2D eigenvalue weighted by atomic mass is 9.98. The van der Waals surface area contributed by atoms with E-state index in [0.29, 0.717) is 6.42 Å². The van der Waals surface area contributed by atoms with Gasteiger partial charge in [0.1, 0.15) is 5.75 Å². The van der Waals surface area contributed by atoms with Crippen LogP contribution in [-0.2, 0) is 11.3 Å². The minimum atomic E-state index is -0.193. The van der Waals surface area contributed by atoms with Crippen LogP contribution in [0.5, 0.6) is 11.5 Å². The van der Waals surface area contributed by atoms with Gasteiger partial charge in [-0.15, -0.1) is 0 Å². The maximum absolute atomic E-state index is 13.1. The lowest BCUT2D eigenvalue weighted by Crippen LogP contribution is -2.42. The molecular formula is C23H22N3O3+. The fourth-order valence-electron chi connectivity index (χ4n) is 3.47. The standard InChI is InChI=1S/C23H21N3O3/c1-29-20-11-9-18(10-12-20)22-14-21(17-6-3-2-4-7-17)24-26(22)23(28)16-25-13-5-8-19(27)15-25/h2-13,15,22H,14,16H2,1H3/p+1/t22-/m1/s1. The fourth-order valence-corrected chi connectivity index (χ4v) is 3.47. The van der Waals surface area contributed by atoms with Gasteiger partial charge in [0.05, 0.1) is 18.9 Å². The number of aromatic hydroxyl groups is 1. The number of pyridine rings is 1. The first-order chi connectivity index (χ1) is 14.1. The summed E-state index contributed by atoms with van der Waals surface area (Å²) in [6, 6.07) is 20.7. The second-order valence-corrected chi connectivity index (χ2v) is 6.88. The Morgan fingerprint density at radius 2 is 1.90 bits per heavy atom. The summed E-state index contributed by atoms with van der Waals surface area (Å²) >= 11 is 0. The zero-order chi connectivity index (χ0) is 20.2. The van der Waals surface area contributed by atoms with Gasteiger partial charge in [0.2, 0.25) is 12.7 Å². The smallest absolute Gasteiger partial charge is 0.309 e. The van der Waals surface area contributed by atoms with Gasteiger partial charge in [-0.05, 0) is 29.3 Å². The minimum absolute atomic E-state index is 0.0899. The second kappa shape index (κ2) is 8.14. The molecule has 1 N–H and O–H groups in total. The number of carbonyl (C=O) groups excluding carboxylic acids is 1. The van der Waals surface area contributed by atoms with Crippen LogP contribution in [0.15, 0.2) is 84.2 Å². The number of benzene rings is 2. The molecule has 0 bridgehead atoms. The summed E-state index contributed by atoms with van der Waals surface area (Å²) in [5, 5.41) is 15.9. The Kier molecular flexibility index (Phi) is 5.24. The third kappa shape index (κ3) is 4.11. The van der Waals surface area contributed by atoms with E-state index in [2.05, 4.69) is 5.10 Å². The van der Waals surface area contributed by atoms with E-state index in [1.165, 1.54) is 6.20 Å². The van der Waals surface area contributed by atoms with Crippen molar-refractivity contribution in [2.24, 2.45) is 5.10 Å². The van der Waals surface area contributed by atoms with Crippen molar-refractivity contribution in [3.05, 3.63) is 90.3 Å². The van der Waals surface area contributed by atoms with Gasteiger partial charge in [-0.2, -0.15) is 9.67 Å². The number of carbonyl (C=O) groups is 1. The molecule has 2 heterocycles. The van der Waals surface area contributed by atoms with Gasteiger partial charge in [-0.1, -0.05) is 42.5 Å². The molecule has 0 fully saturated rings. The molecule has 146 valence electrons. The Hall–Kier alpha value is -3.67. The third-order valence-corrected chi connectivity index (χ3v) is 4.93. The first-order valence-electron chi connectivity index (χ1n) is 9.41. The van der Waals surface area contributed by atoms with E-state index in [4.69, 9.17) is 4.74 Å². The molecule has 1 aromatic heterocycles. The Morgan fingerprint density at radius 1 is 1.14 bits per heavy atom. The van der Waals surface area contributed by atoms with E-state index in [9.17, 15) is 9.90 Å². The molecule has 6 nitrogen and oxygen atoms in total. The van der Waals surface area contributed by atoms with Crippen LogP contribution in [0, 0.1) is 0 Å². The molecule has 1 aliphatic heterocycles. The van der Waals surface area contributed by atoms with Crippen molar-refractivity contribution in [2.75, 3.05) is 7.11 Å². The van der Waals surface area contributed by atoms with E-state index in [0.717, 1.165) is 22.6 Å². The molecule has 0 saturated carbocycles. The maximum atomic E-state index is 13.1. The first-order valence-corrected chi connectivity index (χ1v) is 9.41. The van der Waals surface area contributed by atoms with Gasteiger partial charge >= 0.3 is 5.91 Å². The summed E-state index contributed by atoms with van der Waals surface area (Å²) in [6.45, 7) is 0.0899. The van der Waals surface area contributed by atoms with Crippen LogP contribution in [0.3, 0.4) is 0 Å². The molecule has 2 aromatic carbocycles. The number of hydrogen-bond acceptors (Lipinski definition) is 4. The number of rotatable bonds is 5. The molecule has 0 spiro atoms. The van der Waals surface area contributed by atoms with Crippen molar-refractivity contribution in [3.63, 3.8) is 0 Å². The quantitative estimate of drug-likeness (QED) is 0.683. The topological polar surface area (TPSA) is 66.0 Å². The number of ether oxygens (including phenoxy) is 1. The van der Waals surface area contributed by atoms with Gasteiger partial charge in [-0.3, -0.25) is 4.79 Å². The summed E-state index contributed by atoms with van der Waals surface area (Å²) in [4.78, 5) is 13.1. The number of hydrogen-bond donors (Lipinski definition) is 1. The van der Waals surface area contributed by atoms with Gasteiger partial charge in [-0.25, -0.2) is 5.01 Å². The zero-order valence-electron chi connectivity index (χ0n) is 16.1. The highest BCUT2D eigenvalue weighted by Gasteiger charge is 2.34. The largest absolute Gasteiger partial charge is 0.503 e. The van der Waals surface area contributed by atoms with Gasteiger partial charge < -0.3 is 9.84 Å². The maximum Gasteiger partial charge on any atom is 0.309 e. The molecule has 0 saturated heterocycles. The van der Waals surface area contributed by atoms with Crippen LogP contribution in [0.4, 0.5) is 0 Å².